The van der Waals surface area contributed by atoms with Crippen LogP contribution in [0.4, 0.5) is 0 Å². The minimum atomic E-state index is -0.143. The Balaban J connectivity index is 0.00000128. The Morgan fingerprint density at radius 2 is 1.88 bits per heavy atom. The van der Waals surface area contributed by atoms with Gasteiger partial charge in [0.1, 0.15) is 0 Å². The molecule has 2 aromatic rings. The Morgan fingerprint density at radius 1 is 1.25 bits per heavy atom. The summed E-state index contributed by atoms with van der Waals surface area (Å²) < 4.78 is 1.74. The van der Waals surface area contributed by atoms with Crippen LogP contribution in [-0.2, 0) is 7.05 Å². The van der Waals surface area contributed by atoms with E-state index in [2.05, 4.69) is 5.10 Å². The zero-order valence-electron chi connectivity index (χ0n) is 8.80. The van der Waals surface area contributed by atoms with E-state index >= 15 is 0 Å². The molecule has 2 rings (SSSR count). The number of benzene rings is 1. The summed E-state index contributed by atoms with van der Waals surface area (Å²) in [7, 11) is 1.87. The highest BCUT2D eigenvalue weighted by Gasteiger charge is 2.09. The Labute approximate surface area is 106 Å². The van der Waals surface area contributed by atoms with E-state index in [0.717, 1.165) is 16.1 Å². The molecular weight excluding hydrogens is 245 g/mol. The van der Waals surface area contributed by atoms with Gasteiger partial charge in [-0.1, -0.05) is 23.7 Å². The average Bonchev–Trinajstić information content (AvgIpc) is 2.65. The maximum atomic E-state index is 6.08. The summed E-state index contributed by atoms with van der Waals surface area (Å²) in [4.78, 5) is 0. The first-order chi connectivity index (χ1) is 7.16. The number of hydrogen-bond acceptors (Lipinski definition) is 2. The van der Waals surface area contributed by atoms with Crippen molar-refractivity contribution < 1.29 is 0 Å². The molecule has 0 fully saturated rings. The molecule has 0 saturated heterocycles. The largest absolute Gasteiger partial charge is 0.320 e. The van der Waals surface area contributed by atoms with Crippen LogP contribution in [-0.4, -0.2) is 9.78 Å². The van der Waals surface area contributed by atoms with Crippen molar-refractivity contribution in [2.24, 2.45) is 12.8 Å². The molecule has 2 N–H and O–H groups in total. The number of aryl methyl sites for hydroxylation is 1. The highest BCUT2D eigenvalue weighted by atomic mass is 35.5. The molecule has 0 radical (unpaired) electrons. The molecule has 1 aromatic carbocycles. The van der Waals surface area contributed by atoms with Crippen molar-refractivity contribution in [3.63, 3.8) is 0 Å². The SMILES string of the molecule is Cl.Cn1cc(C(N)c2ccc(Cl)cc2)cn1. The van der Waals surface area contributed by atoms with Gasteiger partial charge in [0.05, 0.1) is 12.2 Å². The highest BCUT2D eigenvalue weighted by molar-refractivity contribution is 6.30. The Kier molecular flexibility index (Phi) is 4.35. The molecule has 1 atom stereocenters. The van der Waals surface area contributed by atoms with Gasteiger partial charge in [0.15, 0.2) is 0 Å². The van der Waals surface area contributed by atoms with Crippen molar-refractivity contribution in [1.82, 2.24) is 9.78 Å². The molecule has 0 aliphatic heterocycles. The lowest BCUT2D eigenvalue weighted by Gasteiger charge is -2.09. The van der Waals surface area contributed by atoms with Crippen LogP contribution in [0.25, 0.3) is 0 Å². The Hall–Kier alpha value is -1.03. The molecule has 0 bridgehead atoms. The van der Waals surface area contributed by atoms with Crippen molar-refractivity contribution in [1.29, 1.82) is 0 Å². The molecule has 5 heteroatoms. The van der Waals surface area contributed by atoms with E-state index in [1.54, 1.807) is 10.9 Å². The zero-order valence-corrected chi connectivity index (χ0v) is 10.4. The van der Waals surface area contributed by atoms with E-state index in [0.29, 0.717) is 0 Å². The first-order valence-electron chi connectivity index (χ1n) is 4.66. The fourth-order valence-electron chi connectivity index (χ4n) is 1.46. The van der Waals surface area contributed by atoms with Gasteiger partial charge in [-0.3, -0.25) is 4.68 Å². The van der Waals surface area contributed by atoms with Gasteiger partial charge in [-0.05, 0) is 17.7 Å². The van der Waals surface area contributed by atoms with E-state index in [9.17, 15) is 0 Å². The predicted octanol–water partition coefficient (Wildman–Crippen LogP) is 2.54. The number of nitrogens with two attached hydrogens (primary N) is 1. The van der Waals surface area contributed by atoms with Crippen molar-refractivity contribution in [3.05, 3.63) is 52.8 Å². The lowest BCUT2D eigenvalue weighted by Crippen LogP contribution is -2.10. The predicted molar refractivity (Wildman–Crippen MR) is 67.9 cm³/mol. The minimum absolute atomic E-state index is 0. The van der Waals surface area contributed by atoms with Crippen LogP contribution in [0.15, 0.2) is 36.7 Å². The molecule has 0 amide bonds. The third-order valence-corrected chi connectivity index (χ3v) is 2.57. The topological polar surface area (TPSA) is 43.8 Å². The second-order valence-corrected chi connectivity index (χ2v) is 3.91. The molecule has 1 aromatic heterocycles. The van der Waals surface area contributed by atoms with Crippen molar-refractivity contribution in [3.8, 4) is 0 Å². The zero-order chi connectivity index (χ0) is 10.8. The average molecular weight is 258 g/mol. The van der Waals surface area contributed by atoms with Gasteiger partial charge in [-0.2, -0.15) is 5.10 Å². The van der Waals surface area contributed by atoms with Gasteiger partial charge in [-0.15, -0.1) is 12.4 Å². The lowest BCUT2D eigenvalue weighted by atomic mass is 10.0. The second-order valence-electron chi connectivity index (χ2n) is 3.48. The second kappa shape index (κ2) is 5.34. The summed E-state index contributed by atoms with van der Waals surface area (Å²) in [6.45, 7) is 0. The van der Waals surface area contributed by atoms with Crippen molar-refractivity contribution in [2.75, 3.05) is 0 Å². The fraction of sp³-hybridized carbons (Fsp3) is 0.182. The molecule has 1 heterocycles. The Morgan fingerprint density at radius 3 is 2.38 bits per heavy atom. The van der Waals surface area contributed by atoms with Crippen LogP contribution in [0, 0.1) is 0 Å². The summed E-state index contributed by atoms with van der Waals surface area (Å²) in [5.74, 6) is 0. The monoisotopic (exact) mass is 257 g/mol. The van der Waals surface area contributed by atoms with Gasteiger partial charge < -0.3 is 5.73 Å². The van der Waals surface area contributed by atoms with E-state index in [1.807, 2.05) is 37.5 Å². The van der Waals surface area contributed by atoms with Crippen LogP contribution < -0.4 is 5.73 Å². The molecule has 0 aliphatic rings. The third kappa shape index (κ3) is 2.76. The highest BCUT2D eigenvalue weighted by Crippen LogP contribution is 2.20. The molecule has 0 saturated carbocycles. The number of halogens is 2. The maximum absolute atomic E-state index is 6.08. The van der Waals surface area contributed by atoms with E-state index in [4.69, 9.17) is 17.3 Å². The van der Waals surface area contributed by atoms with Crippen LogP contribution >= 0.6 is 24.0 Å². The van der Waals surface area contributed by atoms with Crippen molar-refractivity contribution >= 4 is 24.0 Å². The van der Waals surface area contributed by atoms with Gasteiger partial charge in [0.25, 0.3) is 0 Å². The number of hydrogen-bond donors (Lipinski definition) is 1. The van der Waals surface area contributed by atoms with Crippen LogP contribution in [0.2, 0.25) is 5.02 Å². The molecule has 0 spiro atoms. The van der Waals surface area contributed by atoms with Crippen molar-refractivity contribution in [2.45, 2.75) is 6.04 Å². The van der Waals surface area contributed by atoms with Crippen LogP contribution in [0.3, 0.4) is 0 Å². The Bertz CT molecular complexity index is 451. The van der Waals surface area contributed by atoms with Gasteiger partial charge in [-0.25, -0.2) is 0 Å². The number of aromatic nitrogens is 2. The summed E-state index contributed by atoms with van der Waals surface area (Å²) in [5, 5.41) is 4.81. The normalized spacial score (nSPS) is 11.9. The summed E-state index contributed by atoms with van der Waals surface area (Å²) >= 11 is 5.81. The number of nitrogens with zero attached hydrogens (tertiary/aromatic N) is 2. The summed E-state index contributed by atoms with van der Waals surface area (Å²) in [5.41, 5.74) is 8.12. The molecular formula is C11H13Cl2N3. The summed E-state index contributed by atoms with van der Waals surface area (Å²) in [6, 6.07) is 7.40. The van der Waals surface area contributed by atoms with E-state index in [-0.39, 0.29) is 18.4 Å². The van der Waals surface area contributed by atoms with E-state index in [1.165, 1.54) is 0 Å². The lowest BCUT2D eigenvalue weighted by molar-refractivity contribution is 0.765. The number of rotatable bonds is 2. The van der Waals surface area contributed by atoms with Crippen LogP contribution in [0.1, 0.15) is 17.2 Å². The van der Waals surface area contributed by atoms with E-state index < -0.39 is 0 Å². The first kappa shape index (κ1) is 13.0. The molecule has 16 heavy (non-hydrogen) atoms. The smallest absolute Gasteiger partial charge is 0.0582 e. The minimum Gasteiger partial charge on any atom is -0.320 e. The standard InChI is InChI=1S/C11H12ClN3.ClH/c1-15-7-9(6-14-15)11(13)8-2-4-10(12)5-3-8;/h2-7,11H,13H2,1H3;1H. The maximum Gasteiger partial charge on any atom is 0.0582 e. The van der Waals surface area contributed by atoms with Gasteiger partial charge >= 0.3 is 0 Å². The quantitative estimate of drug-likeness (QED) is 0.899. The first-order valence-corrected chi connectivity index (χ1v) is 5.04. The summed E-state index contributed by atoms with van der Waals surface area (Å²) in [6.07, 6.45) is 3.69. The van der Waals surface area contributed by atoms with Gasteiger partial charge in [0.2, 0.25) is 0 Å². The molecule has 1 unspecified atom stereocenters. The van der Waals surface area contributed by atoms with Crippen LogP contribution in [0.5, 0.6) is 0 Å². The fourth-order valence-corrected chi connectivity index (χ4v) is 1.59. The molecule has 3 nitrogen and oxygen atoms in total. The molecule has 0 aliphatic carbocycles. The van der Waals surface area contributed by atoms with Gasteiger partial charge in [0, 0.05) is 23.8 Å². The molecule has 86 valence electrons. The third-order valence-electron chi connectivity index (χ3n) is 2.31.